The number of nitrogens with zero attached hydrogens (tertiary/aromatic N) is 1. The summed E-state index contributed by atoms with van der Waals surface area (Å²) in [5, 5.41) is 2.25. The highest BCUT2D eigenvalue weighted by Gasteiger charge is 2.55. The van der Waals surface area contributed by atoms with Gasteiger partial charge in [-0.1, -0.05) is 70.9 Å². The van der Waals surface area contributed by atoms with E-state index in [0.29, 0.717) is 6.42 Å². The first-order valence-corrected chi connectivity index (χ1v) is 11.9. The normalized spacial score (nSPS) is 24.4. The Kier molecular flexibility index (Phi) is 8.93. The second-order valence-electron chi connectivity index (χ2n) is 9.55. The van der Waals surface area contributed by atoms with Gasteiger partial charge in [-0.3, -0.25) is 9.63 Å². The van der Waals surface area contributed by atoms with E-state index in [1.165, 1.54) is 5.56 Å². The zero-order valence-electron chi connectivity index (χ0n) is 20.2. The largest absolute Gasteiger partial charge is 0.462 e. The molecule has 4 heteroatoms. The molecule has 1 fully saturated rings. The van der Waals surface area contributed by atoms with Crippen molar-refractivity contribution in [2.45, 2.75) is 117 Å². The van der Waals surface area contributed by atoms with E-state index in [0.717, 1.165) is 38.5 Å². The number of ether oxygens (including phenoxy) is 1. The first-order chi connectivity index (χ1) is 14.2. The van der Waals surface area contributed by atoms with Crippen LogP contribution in [-0.2, 0) is 14.4 Å². The molecule has 1 aromatic rings. The maximum atomic E-state index is 12.5. The number of hydrogen-bond acceptors (Lipinski definition) is 4. The predicted octanol–water partition coefficient (Wildman–Crippen LogP) is 6.85. The maximum Gasteiger partial charge on any atom is 0.306 e. The van der Waals surface area contributed by atoms with E-state index < -0.39 is 0 Å². The molecule has 0 aliphatic carbocycles. The summed E-state index contributed by atoms with van der Waals surface area (Å²) in [6.07, 6.45) is 6.17. The third-order valence-corrected chi connectivity index (χ3v) is 7.08. The van der Waals surface area contributed by atoms with Crippen LogP contribution >= 0.6 is 0 Å². The summed E-state index contributed by atoms with van der Waals surface area (Å²) >= 11 is 0. The number of hydroxylamine groups is 2. The maximum absolute atomic E-state index is 12.5. The van der Waals surface area contributed by atoms with Crippen LogP contribution < -0.4 is 0 Å². The standard InChI is InChI=1S/C26H43NO3/c1-8-11-13-18-24(28)29-23-19-25(6,7)27(26(9-2,10-3)20(23)4)30-21(5)22-16-14-12-15-17-22/h12,14-17,20-21,23H,8-11,13,18-19H2,1-7H3. The summed E-state index contributed by atoms with van der Waals surface area (Å²) in [5.74, 6) is 0.142. The molecule has 0 saturated carbocycles. The first kappa shape index (κ1) is 24.9. The van der Waals surface area contributed by atoms with E-state index in [9.17, 15) is 4.79 Å². The van der Waals surface area contributed by atoms with Crippen LogP contribution in [0.3, 0.4) is 0 Å². The Bertz CT molecular complexity index is 654. The molecule has 170 valence electrons. The molecule has 1 aliphatic heterocycles. The Morgan fingerprint density at radius 1 is 1.13 bits per heavy atom. The van der Waals surface area contributed by atoms with Crippen molar-refractivity contribution in [2.75, 3.05) is 0 Å². The fraction of sp³-hybridized carbons (Fsp3) is 0.731. The summed E-state index contributed by atoms with van der Waals surface area (Å²) < 4.78 is 6.06. The lowest BCUT2D eigenvalue weighted by Gasteiger charge is -2.59. The zero-order chi connectivity index (χ0) is 22.4. The third kappa shape index (κ3) is 5.45. The number of piperidine rings is 1. The Balaban J connectivity index is 2.24. The van der Waals surface area contributed by atoms with E-state index in [1.54, 1.807) is 0 Å². The molecular formula is C26H43NO3. The van der Waals surface area contributed by atoms with Gasteiger partial charge in [0.05, 0.1) is 5.54 Å². The first-order valence-electron chi connectivity index (χ1n) is 11.9. The second kappa shape index (κ2) is 10.8. The lowest BCUT2D eigenvalue weighted by molar-refractivity contribution is -0.337. The molecule has 4 nitrogen and oxygen atoms in total. The molecule has 0 radical (unpaired) electrons. The van der Waals surface area contributed by atoms with Crippen molar-refractivity contribution in [3.8, 4) is 0 Å². The number of benzene rings is 1. The Labute approximate surface area is 184 Å². The van der Waals surface area contributed by atoms with Gasteiger partial charge < -0.3 is 4.74 Å². The van der Waals surface area contributed by atoms with E-state index in [2.05, 4.69) is 77.8 Å². The van der Waals surface area contributed by atoms with Crippen molar-refractivity contribution >= 4 is 5.97 Å². The van der Waals surface area contributed by atoms with E-state index in [-0.39, 0.29) is 35.2 Å². The zero-order valence-corrected chi connectivity index (χ0v) is 20.2. The third-order valence-electron chi connectivity index (χ3n) is 7.08. The number of carbonyl (C=O) groups is 1. The minimum Gasteiger partial charge on any atom is -0.462 e. The molecule has 3 unspecified atom stereocenters. The molecule has 1 heterocycles. The van der Waals surface area contributed by atoms with Crippen molar-refractivity contribution in [1.82, 2.24) is 5.06 Å². The second-order valence-corrected chi connectivity index (χ2v) is 9.55. The van der Waals surface area contributed by atoms with Gasteiger partial charge in [-0.15, -0.1) is 0 Å². The van der Waals surface area contributed by atoms with Crippen molar-refractivity contribution < 1.29 is 14.4 Å². The van der Waals surface area contributed by atoms with Crippen molar-refractivity contribution in [2.24, 2.45) is 5.92 Å². The molecule has 0 amide bonds. The van der Waals surface area contributed by atoms with Crippen LogP contribution in [0.15, 0.2) is 30.3 Å². The molecule has 1 aliphatic rings. The average Bonchev–Trinajstić information content (AvgIpc) is 2.73. The van der Waals surface area contributed by atoms with Gasteiger partial charge in [0.25, 0.3) is 0 Å². The summed E-state index contributed by atoms with van der Waals surface area (Å²) in [6, 6.07) is 10.4. The highest BCUT2D eigenvalue weighted by Crippen LogP contribution is 2.48. The number of esters is 1. The summed E-state index contributed by atoms with van der Waals surface area (Å²) in [5.41, 5.74) is 0.751. The number of carbonyl (C=O) groups excluding carboxylic acids is 1. The van der Waals surface area contributed by atoms with Gasteiger partial charge in [-0.25, -0.2) is 0 Å². The Morgan fingerprint density at radius 2 is 1.77 bits per heavy atom. The molecular weight excluding hydrogens is 374 g/mol. The van der Waals surface area contributed by atoms with Crippen molar-refractivity contribution in [1.29, 1.82) is 0 Å². The summed E-state index contributed by atoms with van der Waals surface area (Å²) in [6.45, 7) is 15.4. The van der Waals surface area contributed by atoms with Crippen LogP contribution in [0.2, 0.25) is 0 Å². The molecule has 3 atom stereocenters. The monoisotopic (exact) mass is 417 g/mol. The van der Waals surface area contributed by atoms with Crippen LogP contribution in [0.5, 0.6) is 0 Å². The highest BCUT2D eigenvalue weighted by atomic mass is 16.7. The fourth-order valence-corrected chi connectivity index (χ4v) is 5.15. The van der Waals surface area contributed by atoms with Gasteiger partial charge in [-0.2, -0.15) is 5.06 Å². The van der Waals surface area contributed by atoms with Gasteiger partial charge in [0.1, 0.15) is 12.2 Å². The predicted molar refractivity (Wildman–Crippen MR) is 123 cm³/mol. The smallest absolute Gasteiger partial charge is 0.306 e. The van der Waals surface area contributed by atoms with Crippen LogP contribution in [0, 0.1) is 5.92 Å². The van der Waals surface area contributed by atoms with Gasteiger partial charge in [0.2, 0.25) is 0 Å². The molecule has 0 spiro atoms. The Morgan fingerprint density at radius 3 is 2.33 bits per heavy atom. The molecule has 2 rings (SSSR count). The van der Waals surface area contributed by atoms with Crippen LogP contribution in [-0.4, -0.2) is 28.2 Å². The number of rotatable bonds is 10. The number of unbranched alkanes of at least 4 members (excludes halogenated alkanes) is 2. The van der Waals surface area contributed by atoms with Crippen LogP contribution in [0.25, 0.3) is 0 Å². The minimum atomic E-state index is -0.240. The van der Waals surface area contributed by atoms with Crippen molar-refractivity contribution in [3.05, 3.63) is 35.9 Å². The molecule has 1 saturated heterocycles. The minimum absolute atomic E-state index is 0.0386. The summed E-state index contributed by atoms with van der Waals surface area (Å²) in [4.78, 5) is 19.2. The average molecular weight is 418 g/mol. The van der Waals surface area contributed by atoms with E-state index in [4.69, 9.17) is 9.57 Å². The van der Waals surface area contributed by atoms with Gasteiger partial charge in [0.15, 0.2) is 0 Å². The van der Waals surface area contributed by atoms with E-state index in [1.807, 2.05) is 6.07 Å². The van der Waals surface area contributed by atoms with Crippen LogP contribution in [0.4, 0.5) is 0 Å². The molecule has 0 bridgehead atoms. The van der Waals surface area contributed by atoms with E-state index >= 15 is 0 Å². The van der Waals surface area contributed by atoms with Gasteiger partial charge in [0, 0.05) is 24.3 Å². The molecule has 0 N–H and O–H groups in total. The summed E-state index contributed by atoms with van der Waals surface area (Å²) in [7, 11) is 0. The highest BCUT2D eigenvalue weighted by molar-refractivity contribution is 5.69. The Hall–Kier alpha value is -1.39. The molecule has 0 aromatic heterocycles. The lowest BCUT2D eigenvalue weighted by Crippen LogP contribution is -2.68. The van der Waals surface area contributed by atoms with Gasteiger partial charge >= 0.3 is 5.97 Å². The topological polar surface area (TPSA) is 38.8 Å². The van der Waals surface area contributed by atoms with Crippen molar-refractivity contribution in [3.63, 3.8) is 0 Å². The molecule has 1 aromatic carbocycles. The lowest BCUT2D eigenvalue weighted by atomic mass is 9.68. The van der Waals surface area contributed by atoms with Gasteiger partial charge in [-0.05, 0) is 45.6 Å². The number of hydrogen-bond donors (Lipinski definition) is 0. The fourth-order valence-electron chi connectivity index (χ4n) is 5.15. The SMILES string of the molecule is CCCCCC(=O)OC1CC(C)(C)N(OC(C)c2ccccc2)C(CC)(CC)C1C. The quantitative estimate of drug-likeness (QED) is 0.308. The molecule has 30 heavy (non-hydrogen) atoms. The van der Waals surface area contributed by atoms with Crippen LogP contribution in [0.1, 0.15) is 105 Å².